The fourth-order valence-corrected chi connectivity index (χ4v) is 4.18. The Morgan fingerprint density at radius 3 is 2.65 bits per heavy atom. The second kappa shape index (κ2) is 3.07. The fraction of sp³-hybridized carbons (Fsp3) is 0.364. The molecule has 1 amide bonds. The van der Waals surface area contributed by atoms with Crippen LogP contribution in [0.1, 0.15) is 12.8 Å². The van der Waals surface area contributed by atoms with Gasteiger partial charge in [0.15, 0.2) is 9.84 Å². The third-order valence-corrected chi connectivity index (χ3v) is 5.29. The van der Waals surface area contributed by atoms with Crippen LogP contribution in [0.2, 0.25) is 0 Å². The van der Waals surface area contributed by atoms with Gasteiger partial charge in [-0.05, 0) is 31.0 Å². The van der Waals surface area contributed by atoms with Crippen molar-refractivity contribution in [2.45, 2.75) is 17.7 Å². The van der Waals surface area contributed by atoms with Crippen molar-refractivity contribution in [1.29, 1.82) is 0 Å². The largest absolute Gasteiger partial charge is 0.324 e. The summed E-state index contributed by atoms with van der Waals surface area (Å²) in [6, 6.07) is 3.35. The maximum atomic E-state index is 13.1. The highest BCUT2D eigenvalue weighted by atomic mass is 32.2. The lowest BCUT2D eigenvalue weighted by Gasteiger charge is -2.08. The molecule has 1 aliphatic carbocycles. The predicted molar refractivity (Wildman–Crippen MR) is 58.7 cm³/mol. The van der Waals surface area contributed by atoms with E-state index in [-0.39, 0.29) is 22.2 Å². The van der Waals surface area contributed by atoms with E-state index >= 15 is 0 Å². The van der Waals surface area contributed by atoms with Crippen LogP contribution in [0, 0.1) is 11.2 Å². The first-order valence-electron chi connectivity index (χ1n) is 5.27. The molecule has 0 saturated heterocycles. The van der Waals surface area contributed by atoms with Crippen LogP contribution < -0.4 is 5.32 Å². The van der Waals surface area contributed by atoms with E-state index in [9.17, 15) is 17.6 Å². The van der Waals surface area contributed by atoms with E-state index in [4.69, 9.17) is 0 Å². The average molecular weight is 255 g/mol. The zero-order chi connectivity index (χ0) is 12.3. The summed E-state index contributed by atoms with van der Waals surface area (Å²) < 4.78 is 37.2. The van der Waals surface area contributed by atoms with Gasteiger partial charge in [0, 0.05) is 0 Å². The minimum atomic E-state index is -3.52. The van der Waals surface area contributed by atoms with Crippen molar-refractivity contribution in [2.24, 2.45) is 5.41 Å². The number of anilines is 1. The number of hydrogen-bond donors (Lipinski definition) is 1. The minimum absolute atomic E-state index is 0.0102. The van der Waals surface area contributed by atoms with Crippen LogP contribution in [0.4, 0.5) is 10.1 Å². The number of fused-ring (bicyclic) bond motifs is 1. The molecule has 1 aromatic rings. The second-order valence-corrected chi connectivity index (χ2v) is 6.59. The molecule has 3 rings (SSSR count). The van der Waals surface area contributed by atoms with Gasteiger partial charge < -0.3 is 5.32 Å². The number of halogens is 1. The summed E-state index contributed by atoms with van der Waals surface area (Å²) in [6.07, 6.45) is 1.16. The fourth-order valence-electron chi connectivity index (χ4n) is 2.16. The number of carbonyl (C=O) groups excluding carboxylic acids is 1. The maximum absolute atomic E-state index is 13.1. The second-order valence-electron chi connectivity index (χ2n) is 4.63. The number of rotatable bonds is 0. The average Bonchev–Trinajstić information content (AvgIpc) is 2.97. The van der Waals surface area contributed by atoms with Crippen molar-refractivity contribution >= 4 is 21.4 Å². The van der Waals surface area contributed by atoms with Crippen molar-refractivity contribution < 1.29 is 17.6 Å². The Labute approximate surface area is 97.7 Å². The summed E-state index contributed by atoms with van der Waals surface area (Å²) >= 11 is 0. The van der Waals surface area contributed by atoms with E-state index in [1.165, 1.54) is 6.07 Å². The Morgan fingerprint density at radius 1 is 1.29 bits per heavy atom. The summed E-state index contributed by atoms with van der Waals surface area (Å²) in [5.74, 6) is -1.05. The van der Waals surface area contributed by atoms with Crippen molar-refractivity contribution in [2.75, 3.05) is 11.1 Å². The molecule has 2 aliphatic rings. The van der Waals surface area contributed by atoms with E-state index in [1.54, 1.807) is 0 Å². The standard InChI is InChI=1S/C11H10FNO3S/c12-7-1-2-9-8(5-7)13-10(14)11(3-4-11)6-17(9,15)16/h1-2,5H,3-4,6H2,(H,13,14). The number of carbonyl (C=O) groups is 1. The minimum Gasteiger partial charge on any atom is -0.324 e. The van der Waals surface area contributed by atoms with E-state index in [1.807, 2.05) is 0 Å². The Balaban J connectivity index is 2.21. The molecule has 1 spiro atoms. The third-order valence-electron chi connectivity index (χ3n) is 3.33. The molecule has 6 heteroatoms. The van der Waals surface area contributed by atoms with Gasteiger partial charge in [0.2, 0.25) is 5.91 Å². The maximum Gasteiger partial charge on any atom is 0.231 e. The molecule has 0 atom stereocenters. The molecular weight excluding hydrogens is 245 g/mol. The molecule has 0 bridgehead atoms. The molecule has 1 saturated carbocycles. The summed E-state index contributed by atoms with van der Waals surface area (Å²) in [6.45, 7) is 0. The van der Waals surface area contributed by atoms with E-state index < -0.39 is 21.1 Å². The highest BCUT2D eigenvalue weighted by molar-refractivity contribution is 7.91. The van der Waals surface area contributed by atoms with Gasteiger partial charge in [0.25, 0.3) is 0 Å². The number of hydrogen-bond acceptors (Lipinski definition) is 3. The van der Waals surface area contributed by atoms with Crippen LogP contribution in [-0.4, -0.2) is 20.1 Å². The van der Waals surface area contributed by atoms with E-state index in [0.29, 0.717) is 12.8 Å². The highest BCUT2D eigenvalue weighted by Crippen LogP contribution is 2.50. The summed E-state index contributed by atoms with van der Waals surface area (Å²) in [5, 5.41) is 2.51. The van der Waals surface area contributed by atoms with Crippen LogP contribution >= 0.6 is 0 Å². The molecule has 1 heterocycles. The van der Waals surface area contributed by atoms with Crippen LogP contribution in [0.15, 0.2) is 23.1 Å². The van der Waals surface area contributed by atoms with E-state index in [2.05, 4.69) is 5.32 Å². The zero-order valence-corrected chi connectivity index (χ0v) is 9.68. The van der Waals surface area contributed by atoms with Gasteiger partial charge in [-0.2, -0.15) is 0 Å². The van der Waals surface area contributed by atoms with Gasteiger partial charge in [0.1, 0.15) is 5.82 Å². The lowest BCUT2D eigenvalue weighted by atomic mass is 10.1. The Bertz CT molecular complexity index is 620. The van der Waals surface area contributed by atoms with Gasteiger partial charge in [-0.3, -0.25) is 4.79 Å². The first-order chi connectivity index (χ1) is 7.93. The third kappa shape index (κ3) is 1.55. The van der Waals surface area contributed by atoms with Gasteiger partial charge in [-0.15, -0.1) is 0 Å². The van der Waals surface area contributed by atoms with Gasteiger partial charge in [-0.25, -0.2) is 12.8 Å². The van der Waals surface area contributed by atoms with Crippen LogP contribution in [0.5, 0.6) is 0 Å². The van der Waals surface area contributed by atoms with Crippen LogP contribution in [0.3, 0.4) is 0 Å². The van der Waals surface area contributed by atoms with Crippen molar-refractivity contribution in [3.63, 3.8) is 0 Å². The molecule has 1 aliphatic heterocycles. The number of benzene rings is 1. The molecule has 17 heavy (non-hydrogen) atoms. The number of nitrogens with one attached hydrogen (secondary N) is 1. The molecule has 0 unspecified atom stereocenters. The lowest BCUT2D eigenvalue weighted by Crippen LogP contribution is -2.27. The molecule has 0 aromatic heterocycles. The summed E-state index contributed by atoms with van der Waals surface area (Å²) in [4.78, 5) is 11.9. The molecule has 90 valence electrons. The molecule has 1 N–H and O–H groups in total. The Morgan fingerprint density at radius 2 is 2.00 bits per heavy atom. The van der Waals surface area contributed by atoms with Crippen molar-refractivity contribution in [3.8, 4) is 0 Å². The molecule has 1 fully saturated rings. The van der Waals surface area contributed by atoms with Gasteiger partial charge in [-0.1, -0.05) is 0 Å². The SMILES string of the molecule is O=C1Nc2cc(F)ccc2S(=O)(=O)CC12CC2. The smallest absolute Gasteiger partial charge is 0.231 e. The van der Waals surface area contributed by atoms with Crippen molar-refractivity contribution in [3.05, 3.63) is 24.0 Å². The summed E-state index contributed by atoms with van der Waals surface area (Å²) in [5.41, 5.74) is -0.729. The van der Waals surface area contributed by atoms with Crippen LogP contribution in [-0.2, 0) is 14.6 Å². The topological polar surface area (TPSA) is 63.2 Å². The lowest BCUT2D eigenvalue weighted by molar-refractivity contribution is -0.120. The van der Waals surface area contributed by atoms with Crippen LogP contribution in [0.25, 0.3) is 0 Å². The predicted octanol–water partition coefficient (Wildman–Crippen LogP) is 1.33. The van der Waals surface area contributed by atoms with Gasteiger partial charge >= 0.3 is 0 Å². The first kappa shape index (κ1) is 10.7. The highest BCUT2D eigenvalue weighted by Gasteiger charge is 2.54. The molecule has 1 aromatic carbocycles. The van der Waals surface area contributed by atoms with Gasteiger partial charge in [0.05, 0.1) is 21.8 Å². The first-order valence-corrected chi connectivity index (χ1v) is 6.92. The zero-order valence-electron chi connectivity index (χ0n) is 8.86. The Kier molecular flexibility index (Phi) is 1.93. The Hall–Kier alpha value is -1.43. The quantitative estimate of drug-likeness (QED) is 0.711. The number of amides is 1. The van der Waals surface area contributed by atoms with Crippen molar-refractivity contribution in [1.82, 2.24) is 0 Å². The monoisotopic (exact) mass is 255 g/mol. The molecule has 0 radical (unpaired) electrons. The number of sulfone groups is 1. The normalized spacial score (nSPS) is 23.7. The summed E-state index contributed by atoms with van der Waals surface area (Å²) in [7, 11) is -3.52. The van der Waals surface area contributed by atoms with E-state index in [0.717, 1.165) is 12.1 Å². The molecule has 4 nitrogen and oxygen atoms in total. The molecular formula is C11H10FNO3S.